The highest BCUT2D eigenvalue weighted by Crippen LogP contribution is 2.17. The van der Waals surface area contributed by atoms with Gasteiger partial charge in [0.15, 0.2) is 11.6 Å². The molecule has 0 saturated heterocycles. The fourth-order valence-electron chi connectivity index (χ4n) is 3.56. The largest absolute Gasteiger partial charge is 0.223 e. The lowest BCUT2D eigenvalue weighted by Crippen LogP contribution is -2.06. The van der Waals surface area contributed by atoms with Crippen molar-refractivity contribution in [2.24, 2.45) is 0 Å². The van der Waals surface area contributed by atoms with Gasteiger partial charge in [-0.2, -0.15) is 10.2 Å². The fourth-order valence-corrected chi connectivity index (χ4v) is 3.56. The fraction of sp³-hybridized carbons (Fsp3) is 0.522. The molecular formula is C23H33N5. The lowest BCUT2D eigenvalue weighted by Gasteiger charge is -2.09. The van der Waals surface area contributed by atoms with E-state index in [9.17, 15) is 0 Å². The summed E-state index contributed by atoms with van der Waals surface area (Å²) in [5.41, 5.74) is 1.30. The van der Waals surface area contributed by atoms with Gasteiger partial charge >= 0.3 is 0 Å². The second-order valence-electron chi connectivity index (χ2n) is 7.53. The summed E-state index contributed by atoms with van der Waals surface area (Å²) in [6.45, 7) is 2.28. The third-order valence-corrected chi connectivity index (χ3v) is 5.16. The minimum absolute atomic E-state index is 0.847. The molecule has 5 nitrogen and oxygen atoms in total. The van der Waals surface area contributed by atoms with Crippen LogP contribution in [0.15, 0.2) is 49.1 Å². The highest BCUT2D eigenvalue weighted by Gasteiger charge is 2.07. The number of hydrogen-bond acceptors (Lipinski definition) is 3. The van der Waals surface area contributed by atoms with Gasteiger partial charge in [0.1, 0.15) is 0 Å². The number of unbranched alkanes of at least 4 members (excludes halogenated alkanes) is 9. The Kier molecular flexibility index (Phi) is 8.28. The Bertz CT molecular complexity index is 725. The molecule has 0 bridgehead atoms. The molecule has 0 N–H and O–H groups in total. The zero-order valence-corrected chi connectivity index (χ0v) is 17.1. The molecule has 150 valence electrons. The van der Waals surface area contributed by atoms with E-state index in [-0.39, 0.29) is 0 Å². The Morgan fingerprint density at radius 2 is 1.18 bits per heavy atom. The summed E-state index contributed by atoms with van der Waals surface area (Å²) in [6.07, 6.45) is 22.1. The van der Waals surface area contributed by atoms with Crippen molar-refractivity contribution in [2.45, 2.75) is 77.6 Å². The molecular weight excluding hydrogens is 346 g/mol. The van der Waals surface area contributed by atoms with Crippen molar-refractivity contribution in [3.05, 3.63) is 54.6 Å². The lowest BCUT2D eigenvalue weighted by atomic mass is 10.0. The number of rotatable bonds is 13. The van der Waals surface area contributed by atoms with Gasteiger partial charge in [-0.25, -0.2) is 14.3 Å². The van der Waals surface area contributed by atoms with Crippen LogP contribution < -0.4 is 0 Å². The molecule has 0 amide bonds. The number of hydrogen-bond donors (Lipinski definition) is 0. The van der Waals surface area contributed by atoms with Gasteiger partial charge in [0, 0.05) is 24.8 Å². The number of aromatic nitrogens is 5. The van der Waals surface area contributed by atoms with Gasteiger partial charge in [0.25, 0.3) is 0 Å². The summed E-state index contributed by atoms with van der Waals surface area (Å²) < 4.78 is 3.63. The van der Waals surface area contributed by atoms with Crippen LogP contribution in [-0.4, -0.2) is 24.5 Å². The molecule has 0 aliphatic carbocycles. The van der Waals surface area contributed by atoms with Gasteiger partial charge in [0.05, 0.1) is 0 Å². The molecule has 3 rings (SSSR count). The first-order valence-corrected chi connectivity index (χ1v) is 10.9. The SMILES string of the molecule is CCCCCCCCCCCCc1cc(-n2cccn2)nc(-n2cccn2)c1. The molecule has 0 aliphatic heterocycles. The average molecular weight is 380 g/mol. The molecule has 3 heterocycles. The predicted molar refractivity (Wildman–Crippen MR) is 114 cm³/mol. The van der Waals surface area contributed by atoms with Gasteiger partial charge in [-0.1, -0.05) is 64.7 Å². The molecule has 3 aromatic rings. The van der Waals surface area contributed by atoms with Crippen LogP contribution in [0.25, 0.3) is 11.6 Å². The molecule has 3 aromatic heterocycles. The first kappa shape index (κ1) is 20.3. The molecule has 5 heteroatoms. The monoisotopic (exact) mass is 379 g/mol. The van der Waals surface area contributed by atoms with Crippen molar-refractivity contribution in [1.82, 2.24) is 24.5 Å². The van der Waals surface area contributed by atoms with E-state index in [1.807, 2.05) is 33.9 Å². The first-order valence-electron chi connectivity index (χ1n) is 10.9. The molecule has 0 saturated carbocycles. The Morgan fingerprint density at radius 1 is 0.679 bits per heavy atom. The van der Waals surface area contributed by atoms with E-state index >= 15 is 0 Å². The summed E-state index contributed by atoms with van der Waals surface area (Å²) >= 11 is 0. The molecule has 0 unspecified atom stereocenters. The summed E-state index contributed by atoms with van der Waals surface area (Å²) in [7, 11) is 0. The van der Waals surface area contributed by atoms with E-state index in [2.05, 4.69) is 29.3 Å². The molecule has 28 heavy (non-hydrogen) atoms. The van der Waals surface area contributed by atoms with Crippen molar-refractivity contribution < 1.29 is 0 Å². The van der Waals surface area contributed by atoms with Crippen molar-refractivity contribution in [3.8, 4) is 11.6 Å². The third kappa shape index (κ3) is 6.32. The second kappa shape index (κ2) is 11.4. The van der Waals surface area contributed by atoms with Crippen LogP contribution in [0.1, 0.15) is 76.7 Å². The van der Waals surface area contributed by atoms with E-state index in [0.717, 1.165) is 18.1 Å². The molecule has 0 aromatic carbocycles. The highest BCUT2D eigenvalue weighted by atomic mass is 15.3. The number of aryl methyl sites for hydroxylation is 1. The summed E-state index contributed by atoms with van der Waals surface area (Å²) in [4.78, 5) is 4.72. The molecule has 0 aliphatic rings. The third-order valence-electron chi connectivity index (χ3n) is 5.16. The van der Waals surface area contributed by atoms with Crippen LogP contribution >= 0.6 is 0 Å². The van der Waals surface area contributed by atoms with Crippen molar-refractivity contribution in [3.63, 3.8) is 0 Å². The molecule has 0 spiro atoms. The standard InChI is InChI=1S/C23H33N5/c1-2-3-4-5-6-7-8-9-10-11-14-21-19-22(27-17-12-15-24-27)26-23(20-21)28-18-13-16-25-28/h12-13,15-20H,2-11,14H2,1H3. The summed E-state index contributed by atoms with van der Waals surface area (Å²) in [5, 5.41) is 8.66. The minimum Gasteiger partial charge on any atom is -0.223 e. The highest BCUT2D eigenvalue weighted by molar-refractivity contribution is 5.36. The normalized spacial score (nSPS) is 11.2. The van der Waals surface area contributed by atoms with Crippen LogP contribution in [0.4, 0.5) is 0 Å². The van der Waals surface area contributed by atoms with E-state index < -0.39 is 0 Å². The average Bonchev–Trinajstić information content (AvgIpc) is 3.43. The maximum Gasteiger partial charge on any atom is 0.156 e. The lowest BCUT2D eigenvalue weighted by molar-refractivity contribution is 0.556. The van der Waals surface area contributed by atoms with E-state index in [1.165, 1.54) is 69.8 Å². The van der Waals surface area contributed by atoms with Crippen LogP contribution in [0.2, 0.25) is 0 Å². The topological polar surface area (TPSA) is 48.5 Å². The smallest absolute Gasteiger partial charge is 0.156 e. The Balaban J connectivity index is 1.48. The molecule has 0 atom stereocenters. The minimum atomic E-state index is 0.847. The second-order valence-corrected chi connectivity index (χ2v) is 7.53. The Labute approximate surface area is 168 Å². The summed E-state index contributed by atoms with van der Waals surface area (Å²) in [5.74, 6) is 1.69. The zero-order valence-electron chi connectivity index (χ0n) is 17.1. The predicted octanol–water partition coefficient (Wildman–Crippen LogP) is 5.92. The van der Waals surface area contributed by atoms with Gasteiger partial charge in [-0.05, 0) is 42.7 Å². The molecule has 0 fully saturated rings. The quantitative estimate of drug-likeness (QED) is 0.347. The Hall–Kier alpha value is -2.43. The van der Waals surface area contributed by atoms with Gasteiger partial charge in [-0.15, -0.1) is 0 Å². The number of pyridine rings is 1. The van der Waals surface area contributed by atoms with Crippen LogP contribution in [0.5, 0.6) is 0 Å². The van der Waals surface area contributed by atoms with Crippen LogP contribution in [0.3, 0.4) is 0 Å². The van der Waals surface area contributed by atoms with Crippen molar-refractivity contribution in [2.75, 3.05) is 0 Å². The first-order chi connectivity index (χ1) is 13.9. The van der Waals surface area contributed by atoms with Gasteiger partial charge in [-0.3, -0.25) is 0 Å². The molecule has 0 radical (unpaired) electrons. The van der Waals surface area contributed by atoms with Gasteiger partial charge in [0.2, 0.25) is 0 Å². The number of nitrogens with zero attached hydrogens (tertiary/aromatic N) is 5. The summed E-state index contributed by atoms with van der Waals surface area (Å²) in [6, 6.07) is 8.13. The van der Waals surface area contributed by atoms with Crippen LogP contribution in [0, 0.1) is 0 Å². The van der Waals surface area contributed by atoms with E-state index in [4.69, 9.17) is 4.98 Å². The van der Waals surface area contributed by atoms with Gasteiger partial charge < -0.3 is 0 Å². The van der Waals surface area contributed by atoms with Crippen molar-refractivity contribution >= 4 is 0 Å². The maximum absolute atomic E-state index is 4.72. The van der Waals surface area contributed by atoms with Crippen LogP contribution in [-0.2, 0) is 6.42 Å². The zero-order chi connectivity index (χ0) is 19.4. The van der Waals surface area contributed by atoms with E-state index in [1.54, 1.807) is 12.4 Å². The Morgan fingerprint density at radius 3 is 1.64 bits per heavy atom. The maximum atomic E-state index is 4.72. The van der Waals surface area contributed by atoms with E-state index in [0.29, 0.717) is 0 Å². The van der Waals surface area contributed by atoms with Crippen molar-refractivity contribution in [1.29, 1.82) is 0 Å².